The Morgan fingerprint density at radius 1 is 0.614 bits per heavy atom. The number of unbranched alkanes of at least 4 members (excludes halogenated alkanes) is 15. The number of nitrogens with zero attached hydrogens (tertiary/aromatic N) is 2. The quantitative estimate of drug-likeness (QED) is 0.0753. The second-order valence-corrected chi connectivity index (χ2v) is 18.9. The Labute approximate surface area is 268 Å². The van der Waals surface area contributed by atoms with Crippen molar-refractivity contribution in [1.82, 2.24) is 15.4 Å². The summed E-state index contributed by atoms with van der Waals surface area (Å²) in [5.41, 5.74) is 3.20. The molecule has 2 aromatic carbocycles. The fraction of sp³-hybridized carbons (Fsp3) is 0.658. The van der Waals surface area contributed by atoms with Crippen LogP contribution in [-0.2, 0) is 10.7 Å². The van der Waals surface area contributed by atoms with Crippen molar-refractivity contribution in [1.29, 1.82) is 0 Å². The molecule has 6 heteroatoms. The van der Waals surface area contributed by atoms with Crippen LogP contribution in [0.1, 0.15) is 152 Å². The van der Waals surface area contributed by atoms with E-state index in [9.17, 15) is 4.79 Å². The number of aromatic amines is 1. The predicted molar refractivity (Wildman–Crippen MR) is 191 cm³/mol. The molecule has 0 aliphatic heterocycles. The number of benzene rings is 2. The van der Waals surface area contributed by atoms with Gasteiger partial charge in [0.2, 0.25) is 0 Å². The first-order chi connectivity index (χ1) is 21.5. The third-order valence-corrected chi connectivity index (χ3v) is 15.8. The molecule has 0 saturated heterocycles. The first kappa shape index (κ1) is 36.2. The predicted octanol–water partition coefficient (Wildman–Crippen LogP) is 11.9. The zero-order valence-corrected chi connectivity index (χ0v) is 29.2. The van der Waals surface area contributed by atoms with Gasteiger partial charge in [-0.3, -0.25) is 0 Å². The molecule has 3 rings (SSSR count). The Kier molecular flexibility index (Phi) is 16.4. The molecule has 0 atom stereocenters. The third kappa shape index (κ3) is 11.6. The zero-order chi connectivity index (χ0) is 31.4. The molecule has 44 heavy (non-hydrogen) atoms. The minimum atomic E-state index is -3.03. The van der Waals surface area contributed by atoms with E-state index >= 15 is 0 Å². The van der Waals surface area contributed by atoms with Crippen LogP contribution in [0.25, 0.3) is 11.0 Å². The van der Waals surface area contributed by atoms with Crippen molar-refractivity contribution in [3.8, 4) is 0 Å². The topological polar surface area (TPSA) is 67.9 Å². The molecule has 0 saturated carbocycles. The standard InChI is InChI=1S/C38H62N3O2P/c1-4-7-10-13-16-22-30-44(31-23-17-14-11-8-5-2,32-24-18-15-12-9-6-3,33-34-26-20-19-21-27-34)43-38(42)35-28-25-29-36-37(35)40-41-39-36/h19-21,25-29H,4-18,22-24,30-33H2,1-3H3,(H,39,40,41). The summed E-state index contributed by atoms with van der Waals surface area (Å²) in [4.78, 5) is 14.4. The summed E-state index contributed by atoms with van der Waals surface area (Å²) in [6, 6.07) is 16.6. The maximum atomic E-state index is 14.4. The molecule has 0 aliphatic rings. The van der Waals surface area contributed by atoms with Gasteiger partial charge < -0.3 is 0 Å². The Balaban J connectivity index is 2.00. The number of hydrogen-bond acceptors (Lipinski definition) is 4. The van der Waals surface area contributed by atoms with Gasteiger partial charge in [-0.2, -0.15) is 0 Å². The molecule has 0 radical (unpaired) electrons. The van der Waals surface area contributed by atoms with Crippen molar-refractivity contribution < 1.29 is 9.32 Å². The molecule has 1 N–H and O–H groups in total. The molecule has 0 aliphatic carbocycles. The second kappa shape index (κ2) is 20.0. The SMILES string of the molecule is CCCCCCCCP(CCCCCCCC)(CCCCCCCC)(Cc1ccccc1)OC(=O)c1cccc2n[nH]nc12. The fourth-order valence-electron chi connectivity index (χ4n) is 6.98. The number of para-hydroxylation sites is 1. The number of carbonyl (C=O) groups excluding carboxylic acids is 1. The van der Waals surface area contributed by atoms with Crippen molar-refractivity contribution >= 4 is 23.8 Å². The summed E-state index contributed by atoms with van der Waals surface area (Å²) in [6.45, 7) is 3.81. The molecule has 0 spiro atoms. The molecule has 0 bridgehead atoms. The third-order valence-electron chi connectivity index (χ3n) is 9.57. The molecule has 0 unspecified atom stereocenters. The minimum absolute atomic E-state index is 0.193. The summed E-state index contributed by atoms with van der Waals surface area (Å²) in [7, 11) is 0. The monoisotopic (exact) mass is 623 g/mol. The molecule has 3 aromatic rings. The van der Waals surface area contributed by atoms with E-state index in [-0.39, 0.29) is 5.97 Å². The van der Waals surface area contributed by atoms with Gasteiger partial charge in [0.15, 0.2) is 0 Å². The van der Waals surface area contributed by atoms with Crippen LogP contribution in [0.3, 0.4) is 0 Å². The maximum absolute atomic E-state index is 14.4. The molecular weight excluding hydrogens is 561 g/mol. The van der Waals surface area contributed by atoms with Crippen molar-refractivity contribution in [2.45, 2.75) is 143 Å². The van der Waals surface area contributed by atoms with Crippen LogP contribution in [0.4, 0.5) is 0 Å². The van der Waals surface area contributed by atoms with Gasteiger partial charge in [0, 0.05) is 0 Å². The molecular formula is C38H62N3O2P. The number of aromatic nitrogens is 3. The Morgan fingerprint density at radius 2 is 1.11 bits per heavy atom. The van der Waals surface area contributed by atoms with Gasteiger partial charge in [-0.05, 0) is 0 Å². The van der Waals surface area contributed by atoms with Gasteiger partial charge in [0.1, 0.15) is 0 Å². The van der Waals surface area contributed by atoms with E-state index in [0.29, 0.717) is 16.6 Å². The molecule has 5 nitrogen and oxygen atoms in total. The van der Waals surface area contributed by atoms with Crippen LogP contribution in [0.15, 0.2) is 48.5 Å². The van der Waals surface area contributed by atoms with Gasteiger partial charge >= 0.3 is 269 Å². The molecule has 1 aromatic heterocycles. The van der Waals surface area contributed by atoms with Crippen LogP contribution in [0.5, 0.6) is 0 Å². The summed E-state index contributed by atoms with van der Waals surface area (Å²) in [5, 5.41) is 11.4. The van der Waals surface area contributed by atoms with Gasteiger partial charge in [-0.15, -0.1) is 0 Å². The van der Waals surface area contributed by atoms with E-state index in [0.717, 1.165) is 43.9 Å². The van der Waals surface area contributed by atoms with Crippen molar-refractivity contribution in [2.75, 3.05) is 18.5 Å². The molecule has 0 amide bonds. The van der Waals surface area contributed by atoms with E-state index < -0.39 is 6.83 Å². The number of hydrogen-bond donors (Lipinski definition) is 1. The second-order valence-electron chi connectivity index (χ2n) is 13.4. The van der Waals surface area contributed by atoms with E-state index in [1.54, 1.807) is 0 Å². The first-order valence-electron chi connectivity index (χ1n) is 18.1. The van der Waals surface area contributed by atoms with Gasteiger partial charge in [-0.1, -0.05) is 0 Å². The van der Waals surface area contributed by atoms with Gasteiger partial charge in [0.25, 0.3) is 0 Å². The molecule has 0 fully saturated rings. The summed E-state index contributed by atoms with van der Waals surface area (Å²) in [6.07, 6.45) is 26.5. The number of rotatable bonds is 25. The van der Waals surface area contributed by atoms with Crippen LogP contribution >= 0.6 is 6.83 Å². The number of carbonyl (C=O) groups is 1. The average Bonchev–Trinajstić information content (AvgIpc) is 3.52. The molecule has 246 valence electrons. The summed E-state index contributed by atoms with van der Waals surface area (Å²) >= 11 is 0. The molecule has 1 heterocycles. The van der Waals surface area contributed by atoms with Crippen LogP contribution in [0.2, 0.25) is 0 Å². The van der Waals surface area contributed by atoms with Crippen molar-refractivity contribution in [3.05, 3.63) is 59.7 Å². The van der Waals surface area contributed by atoms with Crippen molar-refractivity contribution in [3.63, 3.8) is 0 Å². The average molecular weight is 624 g/mol. The van der Waals surface area contributed by atoms with Crippen LogP contribution < -0.4 is 0 Å². The normalized spacial score (nSPS) is 12.8. The number of fused-ring (bicyclic) bond motifs is 1. The Morgan fingerprint density at radius 3 is 1.64 bits per heavy atom. The van der Waals surface area contributed by atoms with E-state index in [1.807, 2.05) is 18.2 Å². The van der Waals surface area contributed by atoms with E-state index in [2.05, 4.69) is 66.5 Å². The number of nitrogens with one attached hydrogen (secondary N) is 1. The first-order valence-corrected chi connectivity index (χ1v) is 21.0. The number of H-pyrrole nitrogens is 1. The van der Waals surface area contributed by atoms with Gasteiger partial charge in [-0.25, -0.2) is 0 Å². The van der Waals surface area contributed by atoms with Crippen LogP contribution in [0, 0.1) is 0 Å². The van der Waals surface area contributed by atoms with Crippen LogP contribution in [-0.4, -0.2) is 39.9 Å². The summed E-state index contributed by atoms with van der Waals surface area (Å²) in [5.74, 6) is -0.193. The van der Waals surface area contributed by atoms with Gasteiger partial charge in [0.05, 0.1) is 0 Å². The Hall–Kier alpha value is -2.26. The van der Waals surface area contributed by atoms with E-state index in [1.165, 1.54) is 102 Å². The Bertz CT molecular complexity index is 1150. The summed E-state index contributed by atoms with van der Waals surface area (Å²) < 4.78 is 7.29. The van der Waals surface area contributed by atoms with E-state index in [4.69, 9.17) is 4.52 Å². The van der Waals surface area contributed by atoms with Crippen molar-refractivity contribution in [2.24, 2.45) is 0 Å². The fourth-order valence-corrected chi connectivity index (χ4v) is 13.2. The zero-order valence-electron chi connectivity index (χ0n) is 28.3.